The number of piperazine rings is 1. The number of hydrogen-bond acceptors (Lipinski definition) is 5. The molecule has 0 aromatic carbocycles. The van der Waals surface area contributed by atoms with Crippen LogP contribution in [0.4, 0.5) is 0 Å². The number of carbonyl (C=O) groups is 2. The van der Waals surface area contributed by atoms with Gasteiger partial charge in [-0.15, -0.1) is 0 Å². The van der Waals surface area contributed by atoms with E-state index in [0.29, 0.717) is 13.1 Å². The molecule has 1 aliphatic heterocycles. The summed E-state index contributed by atoms with van der Waals surface area (Å²) in [5, 5.41) is 0. The molecule has 0 N–H and O–H groups in total. The number of amides is 2. The van der Waals surface area contributed by atoms with Gasteiger partial charge in [0.1, 0.15) is 0 Å². The fourth-order valence-electron chi connectivity index (χ4n) is 2.73. The van der Waals surface area contributed by atoms with Gasteiger partial charge in [0.2, 0.25) is 11.8 Å². The zero-order valence-corrected chi connectivity index (χ0v) is 16.1. The van der Waals surface area contributed by atoms with E-state index in [1.807, 2.05) is 35.8 Å². The molecule has 1 heterocycles. The van der Waals surface area contributed by atoms with Crippen LogP contribution in [0.2, 0.25) is 0 Å². The zero-order chi connectivity index (χ0) is 18.1. The van der Waals surface area contributed by atoms with Crippen molar-refractivity contribution >= 4 is 11.8 Å². The summed E-state index contributed by atoms with van der Waals surface area (Å²) in [6.45, 7) is 8.45. The topological polar surface area (TPSA) is 50.3 Å². The maximum atomic E-state index is 12.5. The molecule has 0 aromatic heterocycles. The summed E-state index contributed by atoms with van der Waals surface area (Å²) in [6, 6.07) is 0. The standard InChI is InChI=1S/C17H35N5O2/c1-6-7-21(11-8-18(2)3)16(23)14-20(5)15-17(24)22-12-9-19(4)10-13-22/h6-15H2,1-5H3. The fraction of sp³-hybridized carbons (Fsp3) is 0.882. The summed E-state index contributed by atoms with van der Waals surface area (Å²) in [5.74, 6) is 0.223. The number of likely N-dealkylation sites (N-methyl/N-ethyl adjacent to an activating group) is 3. The molecule has 1 aliphatic rings. The lowest BCUT2D eigenvalue weighted by Gasteiger charge is -2.33. The number of carbonyl (C=O) groups excluding carboxylic acids is 2. The minimum atomic E-state index is 0.104. The Labute approximate surface area is 147 Å². The summed E-state index contributed by atoms with van der Waals surface area (Å²) >= 11 is 0. The van der Waals surface area contributed by atoms with Gasteiger partial charge >= 0.3 is 0 Å². The molecule has 24 heavy (non-hydrogen) atoms. The molecule has 0 aliphatic carbocycles. The zero-order valence-electron chi connectivity index (χ0n) is 16.1. The van der Waals surface area contributed by atoms with E-state index in [2.05, 4.69) is 23.8 Å². The lowest BCUT2D eigenvalue weighted by Crippen LogP contribution is -2.50. The van der Waals surface area contributed by atoms with Crippen LogP contribution in [0.15, 0.2) is 0 Å². The van der Waals surface area contributed by atoms with Gasteiger partial charge in [-0.3, -0.25) is 14.5 Å². The Morgan fingerprint density at radius 2 is 1.54 bits per heavy atom. The molecule has 0 atom stereocenters. The van der Waals surface area contributed by atoms with Crippen molar-refractivity contribution in [2.24, 2.45) is 0 Å². The summed E-state index contributed by atoms with van der Waals surface area (Å²) in [4.78, 5) is 34.8. The Morgan fingerprint density at radius 1 is 0.917 bits per heavy atom. The molecule has 1 fully saturated rings. The van der Waals surface area contributed by atoms with E-state index >= 15 is 0 Å². The molecule has 0 aromatic rings. The molecule has 7 heteroatoms. The van der Waals surface area contributed by atoms with Crippen molar-refractivity contribution in [3.63, 3.8) is 0 Å². The van der Waals surface area contributed by atoms with Crippen LogP contribution in [-0.4, -0.2) is 123 Å². The lowest BCUT2D eigenvalue weighted by atomic mass is 10.3. The molecular formula is C17H35N5O2. The van der Waals surface area contributed by atoms with E-state index in [-0.39, 0.29) is 11.8 Å². The average Bonchev–Trinajstić information content (AvgIpc) is 2.51. The number of nitrogens with zero attached hydrogens (tertiary/aromatic N) is 5. The van der Waals surface area contributed by atoms with E-state index in [9.17, 15) is 9.59 Å². The van der Waals surface area contributed by atoms with Crippen molar-refractivity contribution in [1.29, 1.82) is 0 Å². The van der Waals surface area contributed by atoms with Gasteiger partial charge in [-0.1, -0.05) is 6.92 Å². The molecule has 7 nitrogen and oxygen atoms in total. The van der Waals surface area contributed by atoms with Crippen LogP contribution >= 0.6 is 0 Å². The van der Waals surface area contributed by atoms with Gasteiger partial charge in [-0.25, -0.2) is 0 Å². The third-order valence-corrected chi connectivity index (χ3v) is 4.33. The second-order valence-corrected chi connectivity index (χ2v) is 7.04. The van der Waals surface area contributed by atoms with Gasteiger partial charge < -0.3 is 19.6 Å². The molecule has 0 bridgehead atoms. The lowest BCUT2D eigenvalue weighted by molar-refractivity contribution is -0.136. The van der Waals surface area contributed by atoms with Crippen LogP contribution in [0.3, 0.4) is 0 Å². The first kappa shape index (κ1) is 20.9. The third kappa shape index (κ3) is 7.59. The van der Waals surface area contributed by atoms with E-state index in [4.69, 9.17) is 0 Å². The van der Waals surface area contributed by atoms with Crippen LogP contribution in [-0.2, 0) is 9.59 Å². The number of hydrogen-bond donors (Lipinski definition) is 0. The van der Waals surface area contributed by atoms with Gasteiger partial charge in [-0.2, -0.15) is 0 Å². The Hall–Kier alpha value is -1.18. The van der Waals surface area contributed by atoms with Gasteiger partial charge in [0, 0.05) is 45.8 Å². The monoisotopic (exact) mass is 341 g/mol. The van der Waals surface area contributed by atoms with Crippen molar-refractivity contribution in [3.8, 4) is 0 Å². The first-order valence-electron chi connectivity index (χ1n) is 8.90. The van der Waals surface area contributed by atoms with Gasteiger partial charge in [0.25, 0.3) is 0 Å². The predicted molar refractivity (Wildman–Crippen MR) is 97.0 cm³/mol. The third-order valence-electron chi connectivity index (χ3n) is 4.33. The van der Waals surface area contributed by atoms with Crippen molar-refractivity contribution in [2.75, 3.05) is 87.1 Å². The highest BCUT2D eigenvalue weighted by Gasteiger charge is 2.22. The first-order valence-corrected chi connectivity index (χ1v) is 8.90. The van der Waals surface area contributed by atoms with Crippen LogP contribution in [0.5, 0.6) is 0 Å². The van der Waals surface area contributed by atoms with Crippen molar-refractivity contribution < 1.29 is 9.59 Å². The average molecular weight is 342 g/mol. The maximum Gasteiger partial charge on any atom is 0.236 e. The smallest absolute Gasteiger partial charge is 0.236 e. The number of rotatable bonds is 9. The second-order valence-electron chi connectivity index (χ2n) is 7.04. The molecular weight excluding hydrogens is 306 g/mol. The maximum absolute atomic E-state index is 12.5. The van der Waals surface area contributed by atoms with Gasteiger partial charge in [-0.05, 0) is 34.6 Å². The van der Waals surface area contributed by atoms with Crippen LogP contribution < -0.4 is 0 Å². The Bertz CT molecular complexity index is 394. The Balaban J connectivity index is 2.41. The van der Waals surface area contributed by atoms with E-state index in [0.717, 1.165) is 52.2 Å². The molecule has 0 spiro atoms. The van der Waals surface area contributed by atoms with E-state index in [1.165, 1.54) is 0 Å². The van der Waals surface area contributed by atoms with E-state index < -0.39 is 0 Å². The summed E-state index contributed by atoms with van der Waals surface area (Å²) in [5.41, 5.74) is 0. The normalized spacial score (nSPS) is 16.0. The SMILES string of the molecule is CCCN(CCN(C)C)C(=O)CN(C)CC(=O)N1CCN(C)CC1. The van der Waals surface area contributed by atoms with E-state index in [1.54, 1.807) is 0 Å². The first-order chi connectivity index (χ1) is 11.3. The summed E-state index contributed by atoms with van der Waals surface area (Å²) in [7, 11) is 7.94. The van der Waals surface area contributed by atoms with Gasteiger partial charge in [0.05, 0.1) is 13.1 Å². The highest BCUT2D eigenvalue weighted by molar-refractivity contribution is 5.81. The summed E-state index contributed by atoms with van der Waals surface area (Å²) in [6.07, 6.45) is 0.948. The predicted octanol–water partition coefficient (Wildman–Crippen LogP) is -0.508. The second kappa shape index (κ2) is 10.6. The minimum absolute atomic E-state index is 0.104. The largest absolute Gasteiger partial charge is 0.340 e. The minimum Gasteiger partial charge on any atom is -0.340 e. The van der Waals surface area contributed by atoms with Crippen LogP contribution in [0.1, 0.15) is 13.3 Å². The van der Waals surface area contributed by atoms with Crippen LogP contribution in [0.25, 0.3) is 0 Å². The van der Waals surface area contributed by atoms with Crippen molar-refractivity contribution in [3.05, 3.63) is 0 Å². The molecule has 140 valence electrons. The fourth-order valence-corrected chi connectivity index (χ4v) is 2.73. The van der Waals surface area contributed by atoms with Crippen molar-refractivity contribution in [2.45, 2.75) is 13.3 Å². The molecule has 0 unspecified atom stereocenters. The molecule has 0 radical (unpaired) electrons. The summed E-state index contributed by atoms with van der Waals surface area (Å²) < 4.78 is 0. The van der Waals surface area contributed by atoms with Crippen molar-refractivity contribution in [1.82, 2.24) is 24.5 Å². The molecule has 1 saturated heterocycles. The molecule has 1 rings (SSSR count). The Kier molecular flexibility index (Phi) is 9.25. The van der Waals surface area contributed by atoms with Crippen LogP contribution in [0, 0.1) is 0 Å². The molecule has 0 saturated carbocycles. The highest BCUT2D eigenvalue weighted by atomic mass is 16.2. The quantitative estimate of drug-likeness (QED) is 0.566. The molecule has 2 amide bonds. The Morgan fingerprint density at radius 3 is 2.08 bits per heavy atom. The highest BCUT2D eigenvalue weighted by Crippen LogP contribution is 2.02. The van der Waals surface area contributed by atoms with Gasteiger partial charge in [0.15, 0.2) is 0 Å².